The molecule has 0 atom stereocenters. The van der Waals surface area contributed by atoms with Crippen LogP contribution in [-0.2, 0) is 16.2 Å². The molecule has 0 aliphatic heterocycles. The van der Waals surface area contributed by atoms with E-state index in [2.05, 4.69) is 119 Å². The quantitative estimate of drug-likeness (QED) is 0.304. The van der Waals surface area contributed by atoms with Crippen molar-refractivity contribution in [1.82, 2.24) is 0 Å². The predicted molar refractivity (Wildman–Crippen MR) is 161 cm³/mol. The largest absolute Gasteiger partial charge is 0.441 e. The van der Waals surface area contributed by atoms with Crippen LogP contribution < -0.4 is 5.30 Å². The smallest absolute Gasteiger partial charge is 0.189 e. The standard InChI is InChI=1S/C33H46O3P/c1-20-13-15-23(26(17-20)31(4,5)6)25-19-28(37(34,35)36)30(33(10,11)12)29(22(25)3)24-16-14-21(2)18-27(24)32(7,8)9/h13-19,34-36H,1-12H3/q+1. The van der Waals surface area contributed by atoms with Gasteiger partial charge >= 0.3 is 7.94 Å². The van der Waals surface area contributed by atoms with Crippen molar-refractivity contribution in [3.05, 3.63) is 75.8 Å². The Morgan fingerprint density at radius 3 is 1.38 bits per heavy atom. The van der Waals surface area contributed by atoms with Crippen LogP contribution in [0.5, 0.6) is 0 Å². The molecule has 3 rings (SSSR count). The maximum absolute atomic E-state index is 10.8. The lowest BCUT2D eigenvalue weighted by Gasteiger charge is -2.32. The van der Waals surface area contributed by atoms with Crippen molar-refractivity contribution < 1.29 is 14.7 Å². The molecule has 0 heterocycles. The molecule has 0 fully saturated rings. The molecule has 3 nitrogen and oxygen atoms in total. The minimum atomic E-state index is -4.35. The number of benzene rings is 3. The number of hydrogen-bond acceptors (Lipinski definition) is 3. The molecule has 0 aliphatic rings. The molecule has 0 unspecified atom stereocenters. The summed E-state index contributed by atoms with van der Waals surface area (Å²) in [7, 11) is -4.35. The second kappa shape index (κ2) is 9.62. The Morgan fingerprint density at radius 1 is 0.541 bits per heavy atom. The van der Waals surface area contributed by atoms with Gasteiger partial charge in [0.25, 0.3) is 0 Å². The van der Waals surface area contributed by atoms with E-state index in [9.17, 15) is 14.7 Å². The van der Waals surface area contributed by atoms with Crippen LogP contribution in [0.4, 0.5) is 0 Å². The highest BCUT2D eigenvalue weighted by molar-refractivity contribution is 7.66. The summed E-state index contributed by atoms with van der Waals surface area (Å²) in [5, 5.41) is 0.233. The van der Waals surface area contributed by atoms with Crippen molar-refractivity contribution >= 4 is 13.2 Å². The van der Waals surface area contributed by atoms with Crippen LogP contribution in [0.1, 0.15) is 95.7 Å². The van der Waals surface area contributed by atoms with E-state index in [-0.39, 0.29) is 16.1 Å². The van der Waals surface area contributed by atoms with Gasteiger partial charge in [-0.05, 0) is 82.0 Å². The first-order chi connectivity index (χ1) is 16.6. The average Bonchev–Trinajstić information content (AvgIpc) is 2.71. The van der Waals surface area contributed by atoms with Gasteiger partial charge in [0.15, 0.2) is 5.30 Å². The molecule has 3 aromatic rings. The minimum absolute atomic E-state index is 0.124. The zero-order valence-corrected chi connectivity index (χ0v) is 25.7. The molecule has 0 bridgehead atoms. The third kappa shape index (κ3) is 6.02. The monoisotopic (exact) mass is 521 g/mol. The van der Waals surface area contributed by atoms with E-state index < -0.39 is 13.4 Å². The number of hydrogen-bond donors (Lipinski definition) is 3. The van der Waals surface area contributed by atoms with Gasteiger partial charge in [0.05, 0.1) is 0 Å². The molecule has 200 valence electrons. The van der Waals surface area contributed by atoms with Crippen molar-refractivity contribution in [3.8, 4) is 22.3 Å². The Balaban J connectivity index is 2.65. The highest BCUT2D eigenvalue weighted by Gasteiger charge is 2.43. The van der Waals surface area contributed by atoms with E-state index in [0.717, 1.165) is 33.4 Å². The van der Waals surface area contributed by atoms with Gasteiger partial charge < -0.3 is 0 Å². The predicted octanol–water partition coefficient (Wildman–Crippen LogP) is 8.20. The zero-order chi connectivity index (χ0) is 28.3. The molecule has 0 saturated carbocycles. The van der Waals surface area contributed by atoms with Crippen molar-refractivity contribution in [2.45, 2.75) is 99.3 Å². The zero-order valence-electron chi connectivity index (χ0n) is 24.8. The fourth-order valence-corrected chi connectivity index (χ4v) is 6.44. The van der Waals surface area contributed by atoms with Crippen LogP contribution in [0.2, 0.25) is 0 Å². The van der Waals surface area contributed by atoms with Gasteiger partial charge in [-0.1, -0.05) is 110 Å². The van der Waals surface area contributed by atoms with Crippen LogP contribution in [0.3, 0.4) is 0 Å². The van der Waals surface area contributed by atoms with Crippen LogP contribution in [0.25, 0.3) is 22.3 Å². The van der Waals surface area contributed by atoms with E-state index in [4.69, 9.17) is 0 Å². The van der Waals surface area contributed by atoms with Crippen molar-refractivity contribution in [1.29, 1.82) is 0 Å². The van der Waals surface area contributed by atoms with Gasteiger partial charge in [-0.2, -0.15) is 14.7 Å². The molecule has 0 saturated heterocycles. The topological polar surface area (TPSA) is 60.7 Å². The van der Waals surface area contributed by atoms with Crippen LogP contribution >= 0.6 is 7.94 Å². The van der Waals surface area contributed by atoms with Crippen LogP contribution in [-0.4, -0.2) is 14.7 Å². The Bertz CT molecular complexity index is 1320. The van der Waals surface area contributed by atoms with Gasteiger partial charge in [-0.15, -0.1) is 0 Å². The van der Waals surface area contributed by atoms with Crippen molar-refractivity contribution in [3.63, 3.8) is 0 Å². The summed E-state index contributed by atoms with van der Waals surface area (Å²) < 4.78 is 0. The second-order valence-electron chi connectivity index (χ2n) is 13.7. The highest BCUT2D eigenvalue weighted by atomic mass is 31.2. The van der Waals surface area contributed by atoms with Crippen molar-refractivity contribution in [2.24, 2.45) is 0 Å². The third-order valence-electron chi connectivity index (χ3n) is 7.17. The summed E-state index contributed by atoms with van der Waals surface area (Å²) in [6, 6.07) is 14.8. The van der Waals surface area contributed by atoms with Crippen LogP contribution in [0.15, 0.2) is 42.5 Å². The van der Waals surface area contributed by atoms with Crippen LogP contribution in [0, 0.1) is 20.8 Å². The lowest BCUT2D eigenvalue weighted by atomic mass is 9.73. The van der Waals surface area contributed by atoms with Gasteiger partial charge in [0.2, 0.25) is 0 Å². The summed E-state index contributed by atoms with van der Waals surface area (Å²) >= 11 is 0. The van der Waals surface area contributed by atoms with Gasteiger partial charge in [0, 0.05) is 5.56 Å². The SMILES string of the molecule is Cc1ccc(-c2cc([P+](O)(O)O)c(C(C)(C)C)c(-c3ccc(C)cc3C(C)(C)C)c2C)c(C(C)(C)C)c1. The van der Waals surface area contributed by atoms with Gasteiger partial charge in [0.1, 0.15) is 0 Å². The normalized spacial score (nSPS) is 13.3. The molecule has 0 amide bonds. The molecular formula is C33H46O3P+. The molecule has 0 spiro atoms. The van der Waals surface area contributed by atoms with E-state index in [1.165, 1.54) is 22.3 Å². The Hall–Kier alpha value is -2.03. The van der Waals surface area contributed by atoms with E-state index >= 15 is 0 Å². The Morgan fingerprint density at radius 2 is 0.973 bits per heavy atom. The second-order valence-corrected chi connectivity index (χ2v) is 15.4. The summed E-state index contributed by atoms with van der Waals surface area (Å²) in [6.07, 6.45) is 0. The first kappa shape index (κ1) is 29.5. The Kier molecular flexibility index (Phi) is 7.67. The van der Waals surface area contributed by atoms with Gasteiger partial charge in [-0.3, -0.25) is 0 Å². The first-order valence-corrected chi connectivity index (χ1v) is 14.8. The number of aryl methyl sites for hydroxylation is 2. The average molecular weight is 522 g/mol. The molecular weight excluding hydrogens is 475 g/mol. The molecule has 0 aromatic heterocycles. The highest BCUT2D eigenvalue weighted by Crippen LogP contribution is 2.52. The summed E-state index contributed by atoms with van der Waals surface area (Å²) in [5.74, 6) is 0. The van der Waals surface area contributed by atoms with Crippen molar-refractivity contribution in [2.75, 3.05) is 0 Å². The van der Waals surface area contributed by atoms with E-state index in [1.54, 1.807) is 0 Å². The maximum atomic E-state index is 10.8. The lowest BCUT2D eigenvalue weighted by molar-refractivity contribution is 0.346. The minimum Gasteiger partial charge on any atom is -0.189 e. The third-order valence-corrected chi connectivity index (χ3v) is 8.16. The lowest BCUT2D eigenvalue weighted by Crippen LogP contribution is -2.28. The fraction of sp³-hybridized carbons (Fsp3) is 0.455. The summed E-state index contributed by atoms with van der Waals surface area (Å²) in [6.45, 7) is 25.8. The molecule has 3 N–H and O–H groups in total. The molecule has 0 aliphatic carbocycles. The van der Waals surface area contributed by atoms with Gasteiger partial charge in [-0.25, -0.2) is 0 Å². The summed E-state index contributed by atoms with van der Waals surface area (Å²) in [4.78, 5) is 32.5. The molecule has 37 heavy (non-hydrogen) atoms. The fourth-order valence-electron chi connectivity index (χ4n) is 5.39. The molecule has 0 radical (unpaired) electrons. The first-order valence-electron chi connectivity index (χ1n) is 13.1. The maximum Gasteiger partial charge on any atom is 0.441 e. The number of rotatable bonds is 3. The Labute approximate surface area is 225 Å². The van der Waals surface area contributed by atoms with E-state index in [0.29, 0.717) is 0 Å². The summed E-state index contributed by atoms with van der Waals surface area (Å²) in [5.41, 5.74) is 9.92. The van der Waals surface area contributed by atoms with E-state index in [1.807, 2.05) is 6.07 Å². The molecule has 4 heteroatoms. The molecule has 3 aromatic carbocycles.